The number of hydrogen-bond donors (Lipinski definition) is 19. The van der Waals surface area contributed by atoms with Crippen molar-refractivity contribution in [3.05, 3.63) is 65.7 Å². The maximum Gasteiger partial charge on any atom is 0.248 e. The Kier molecular flexibility index (Phi) is 40.5. The molecule has 3 fully saturated rings. The number of aliphatic hydroxyl groups is 7. The van der Waals surface area contributed by atoms with Crippen molar-refractivity contribution in [3.8, 4) is 5.75 Å². The standard InChI is InChI=1S/C76H121N13O21S/c1-8-44(4)37-45(5)18-14-11-9-10-12-17-21-60(98)81-54-40-58(96)74(110-34-32-78-59(97)27-31-79-67(101)53(38-47-19-15-13-16-20-47)83-69(103)52(36-43(2)3)82-68(102)51(80-42-90)29-35-111-7)87-73(107)64-57(95)28-33-88(64)76(109)62(56(94)26-30-77)85-72(106)63(66(100)65(99)48-22-24-49(92)25-23-48)86-71(105)55-39-50(93)41-89(55)75(108)61(46(6)91)84-70(54)104/h13,15-16,19-20,22-25,42-46,50-58,61-66,74,91-96,99-100H,8-12,14,17-18,21,26-41,77H2,1-7H3,(H,78,97)(H,79,101)(H,80,90)(H,81,98)(H,82,102)(H,83,103)(H,84,104)(H,85,106)(H,86,105)(H,87,107)/t44-,45+,46+,50+,51-,52-,53-,54-,55-,56+,57-,58+,61-,62-,63-,64-,65-,66-,74+/m0/s1. The highest BCUT2D eigenvalue weighted by molar-refractivity contribution is 7.98. The second-order valence-electron chi connectivity index (χ2n) is 29.8. The number of benzene rings is 2. The first kappa shape index (κ1) is 93.5. The average molecular weight is 1580 g/mol. The summed E-state index contributed by atoms with van der Waals surface area (Å²) in [5.41, 5.74) is 6.39. The Hall–Kier alpha value is -8.13. The van der Waals surface area contributed by atoms with Crippen LogP contribution in [0.2, 0.25) is 0 Å². The van der Waals surface area contributed by atoms with Crippen LogP contribution in [-0.4, -0.2) is 271 Å². The number of hydrogen-bond acceptors (Lipinski definition) is 23. The molecule has 0 spiro atoms. The summed E-state index contributed by atoms with van der Waals surface area (Å²) < 4.78 is 6.06. The maximum atomic E-state index is 15.0. The topological polar surface area (TPSA) is 529 Å². The lowest BCUT2D eigenvalue weighted by Gasteiger charge is -2.35. The van der Waals surface area contributed by atoms with Gasteiger partial charge in [0, 0.05) is 58.3 Å². The van der Waals surface area contributed by atoms with Crippen LogP contribution in [0.1, 0.15) is 168 Å². The van der Waals surface area contributed by atoms with Crippen LogP contribution >= 0.6 is 11.8 Å². The first-order valence-corrected chi connectivity index (χ1v) is 40.1. The molecule has 622 valence electrons. The van der Waals surface area contributed by atoms with E-state index in [-0.39, 0.29) is 75.4 Å². The highest BCUT2D eigenvalue weighted by atomic mass is 32.2. The number of aromatic hydroxyl groups is 1. The Morgan fingerprint density at radius 1 is 0.658 bits per heavy atom. The fraction of sp³-hybridized carbons (Fsp3) is 0.684. The molecule has 2 aromatic carbocycles. The van der Waals surface area contributed by atoms with Crippen LogP contribution in [0.4, 0.5) is 0 Å². The lowest BCUT2D eigenvalue weighted by atomic mass is 9.91. The maximum absolute atomic E-state index is 15.0. The minimum atomic E-state index is -2.36. The summed E-state index contributed by atoms with van der Waals surface area (Å²) in [6.45, 7) is 8.85. The molecule has 0 aromatic heterocycles. The Labute approximate surface area is 653 Å². The minimum Gasteiger partial charge on any atom is -0.508 e. The van der Waals surface area contributed by atoms with E-state index < -0.39 is 207 Å². The Bertz CT molecular complexity index is 3310. The van der Waals surface area contributed by atoms with Crippen molar-refractivity contribution in [2.24, 2.45) is 23.5 Å². The number of carbonyl (C=O) groups is 12. The van der Waals surface area contributed by atoms with E-state index in [0.29, 0.717) is 42.4 Å². The quantitative estimate of drug-likeness (QED) is 0.0251. The van der Waals surface area contributed by atoms with E-state index in [1.807, 2.05) is 20.1 Å². The summed E-state index contributed by atoms with van der Waals surface area (Å²) in [5.74, 6) is -9.53. The van der Waals surface area contributed by atoms with Gasteiger partial charge in [-0.3, -0.25) is 57.5 Å². The van der Waals surface area contributed by atoms with E-state index in [9.17, 15) is 98.4 Å². The number of ether oxygens (including phenoxy) is 1. The number of fused-ring (bicyclic) bond motifs is 2. The van der Waals surface area contributed by atoms with Gasteiger partial charge >= 0.3 is 0 Å². The van der Waals surface area contributed by atoms with Gasteiger partial charge in [0.05, 0.1) is 31.0 Å². The largest absolute Gasteiger partial charge is 0.508 e. The predicted octanol–water partition coefficient (Wildman–Crippen LogP) is -2.10. The second-order valence-corrected chi connectivity index (χ2v) is 30.8. The zero-order valence-corrected chi connectivity index (χ0v) is 65.6. The van der Waals surface area contributed by atoms with Crippen molar-refractivity contribution in [1.82, 2.24) is 63.0 Å². The lowest BCUT2D eigenvalue weighted by molar-refractivity contribution is -0.150. The van der Waals surface area contributed by atoms with Crippen molar-refractivity contribution >= 4 is 83.2 Å². The summed E-state index contributed by atoms with van der Waals surface area (Å²) in [6, 6.07) is -1.88. The smallest absolute Gasteiger partial charge is 0.248 e. The number of amides is 12. The highest BCUT2D eigenvalue weighted by Crippen LogP contribution is 2.28. The molecule has 0 saturated carbocycles. The van der Waals surface area contributed by atoms with Crippen LogP contribution in [0.15, 0.2) is 54.6 Å². The van der Waals surface area contributed by atoms with Crippen LogP contribution in [0.5, 0.6) is 5.75 Å². The molecule has 0 radical (unpaired) electrons. The number of aliphatic hydroxyl groups excluding tert-OH is 7. The predicted molar refractivity (Wildman–Crippen MR) is 409 cm³/mol. The van der Waals surface area contributed by atoms with Crippen molar-refractivity contribution in [2.75, 3.05) is 51.3 Å². The van der Waals surface area contributed by atoms with Gasteiger partial charge < -0.3 is 114 Å². The van der Waals surface area contributed by atoms with Crippen LogP contribution in [0.3, 0.4) is 0 Å². The summed E-state index contributed by atoms with van der Waals surface area (Å²) in [4.78, 5) is 171. The SMILES string of the molecule is CC[C@H](C)C[C@H](C)CCCCCCCCC(=O)N[C@H]1C[C@@H](O)[C@@H](OCCNC(=O)CCNC(=O)[C@H](Cc2ccccc2)NC(=O)[C@H](CC(C)C)NC(=O)[C@H](CCSC)NC=O)NC(=O)[C@@H]2[C@@H](O)CCN2C(=O)[C@H]([C@H](O)CCN)NC(=O)[C@H]([C@H](O)[C@@H](O)c2ccc(O)cc2)NC(=O)[C@@H]2C[C@@H](O)CN2C(=O)[C@H]([C@@H](C)O)NC1=O. The van der Waals surface area contributed by atoms with E-state index in [2.05, 4.69) is 73.9 Å². The minimum absolute atomic E-state index is 0.00474. The average Bonchev–Trinajstić information content (AvgIpc) is 1.73. The summed E-state index contributed by atoms with van der Waals surface area (Å²) in [5, 5.41) is 117. The molecule has 3 aliphatic heterocycles. The van der Waals surface area contributed by atoms with Gasteiger partial charge in [-0.15, -0.1) is 0 Å². The zero-order valence-electron chi connectivity index (χ0n) is 64.8. The third kappa shape index (κ3) is 30.4. The number of thioether (sulfide) groups is 1. The molecule has 3 aliphatic rings. The molecule has 3 saturated heterocycles. The number of nitrogens with zero attached hydrogens (tertiary/aromatic N) is 2. The molecular weight excluding hydrogens is 1460 g/mol. The van der Waals surface area contributed by atoms with Crippen molar-refractivity contribution in [1.29, 1.82) is 0 Å². The van der Waals surface area contributed by atoms with E-state index in [4.69, 9.17) is 10.5 Å². The Balaban J connectivity index is 1.46. The molecule has 2 aromatic rings. The molecule has 34 nitrogen and oxygen atoms in total. The number of unbranched alkanes of at least 4 members (excludes halogenated alkanes) is 5. The molecule has 0 bridgehead atoms. The summed E-state index contributed by atoms with van der Waals surface area (Å²) in [6.07, 6.45) is -7.27. The van der Waals surface area contributed by atoms with Crippen molar-refractivity contribution in [3.63, 3.8) is 0 Å². The molecule has 20 N–H and O–H groups in total. The first-order chi connectivity index (χ1) is 52.8. The molecule has 111 heavy (non-hydrogen) atoms. The third-order valence-corrected chi connectivity index (χ3v) is 20.8. The molecule has 12 amide bonds. The van der Waals surface area contributed by atoms with Gasteiger partial charge in [0.25, 0.3) is 0 Å². The van der Waals surface area contributed by atoms with Crippen LogP contribution in [-0.2, 0) is 68.7 Å². The summed E-state index contributed by atoms with van der Waals surface area (Å²) >= 11 is 1.46. The van der Waals surface area contributed by atoms with Gasteiger partial charge in [-0.1, -0.05) is 122 Å². The lowest BCUT2D eigenvalue weighted by Crippen LogP contribution is -2.64. The second kappa shape index (κ2) is 48.1. The molecule has 35 heteroatoms. The van der Waals surface area contributed by atoms with Gasteiger partial charge in [-0.05, 0) is 105 Å². The zero-order chi connectivity index (χ0) is 82.0. The monoisotopic (exact) mass is 1580 g/mol. The van der Waals surface area contributed by atoms with Crippen LogP contribution in [0, 0.1) is 17.8 Å². The van der Waals surface area contributed by atoms with Crippen molar-refractivity contribution in [2.45, 2.75) is 260 Å². The fourth-order valence-corrected chi connectivity index (χ4v) is 14.2. The number of carbonyl (C=O) groups excluding carboxylic acids is 12. The normalized spacial score (nSPS) is 24.1. The van der Waals surface area contributed by atoms with Gasteiger partial charge in [0.2, 0.25) is 71.4 Å². The summed E-state index contributed by atoms with van der Waals surface area (Å²) in [7, 11) is 0. The van der Waals surface area contributed by atoms with E-state index in [0.717, 1.165) is 73.8 Å². The van der Waals surface area contributed by atoms with E-state index in [1.54, 1.807) is 30.3 Å². The molecule has 19 atom stereocenters. The third-order valence-electron chi connectivity index (χ3n) is 20.2. The van der Waals surface area contributed by atoms with Crippen LogP contribution in [0.25, 0.3) is 0 Å². The number of phenolic OH excluding ortho intramolecular Hbond substituents is 1. The fourth-order valence-electron chi connectivity index (χ4n) is 13.8. The number of rotatable bonds is 41. The highest BCUT2D eigenvalue weighted by Gasteiger charge is 2.49. The molecule has 5 rings (SSSR count). The van der Waals surface area contributed by atoms with E-state index in [1.165, 1.54) is 23.9 Å². The van der Waals surface area contributed by atoms with Gasteiger partial charge in [-0.2, -0.15) is 11.8 Å². The number of nitrogens with two attached hydrogens (primary N) is 1. The number of phenols is 1. The van der Waals surface area contributed by atoms with Crippen molar-refractivity contribution < 1.29 is 103 Å². The van der Waals surface area contributed by atoms with Gasteiger partial charge in [-0.25, -0.2) is 0 Å². The Morgan fingerprint density at radius 3 is 1.95 bits per heavy atom. The molecule has 0 aliphatic carbocycles. The molecular formula is C76H121N13O21S. The first-order valence-electron chi connectivity index (χ1n) is 38.7. The van der Waals surface area contributed by atoms with Crippen LogP contribution < -0.4 is 58.9 Å². The van der Waals surface area contributed by atoms with Gasteiger partial charge in [0.1, 0.15) is 78.4 Å². The Morgan fingerprint density at radius 2 is 1.30 bits per heavy atom. The molecule has 3 heterocycles. The van der Waals surface area contributed by atoms with Gasteiger partial charge in [0.15, 0.2) is 6.23 Å². The van der Waals surface area contributed by atoms with E-state index >= 15 is 0 Å². The molecule has 0 unspecified atom stereocenters. The number of nitrogens with one attached hydrogen (secondary N) is 10.